The van der Waals surface area contributed by atoms with E-state index in [0.717, 1.165) is 48.0 Å². The van der Waals surface area contributed by atoms with Gasteiger partial charge < -0.3 is 15.0 Å². The molecule has 1 atom stereocenters. The van der Waals surface area contributed by atoms with Gasteiger partial charge in [-0.25, -0.2) is 9.78 Å². The Morgan fingerprint density at radius 2 is 2.00 bits per heavy atom. The molecule has 4 rings (SSSR count). The van der Waals surface area contributed by atoms with Gasteiger partial charge in [0.1, 0.15) is 5.60 Å². The molecule has 2 aromatic heterocycles. The molecular formula is C27H32N4O3. The van der Waals surface area contributed by atoms with Gasteiger partial charge in [0, 0.05) is 43.0 Å². The van der Waals surface area contributed by atoms with E-state index in [4.69, 9.17) is 9.72 Å². The normalized spacial score (nSPS) is 16.3. The maximum atomic E-state index is 13.2. The summed E-state index contributed by atoms with van der Waals surface area (Å²) in [4.78, 5) is 36.3. The first-order chi connectivity index (χ1) is 16.3. The number of hydrogen-bond donors (Lipinski definition) is 1. The number of piperidine rings is 1. The fourth-order valence-corrected chi connectivity index (χ4v) is 4.30. The molecule has 1 aromatic carbocycles. The zero-order valence-electron chi connectivity index (χ0n) is 20.1. The summed E-state index contributed by atoms with van der Waals surface area (Å²) in [7, 11) is 0. The summed E-state index contributed by atoms with van der Waals surface area (Å²) < 4.78 is 5.52. The molecule has 1 saturated heterocycles. The van der Waals surface area contributed by atoms with Gasteiger partial charge in [-0.1, -0.05) is 18.2 Å². The number of amides is 2. The van der Waals surface area contributed by atoms with Crippen molar-refractivity contribution in [3.8, 4) is 11.3 Å². The van der Waals surface area contributed by atoms with Crippen molar-refractivity contribution in [3.63, 3.8) is 0 Å². The third-order valence-electron chi connectivity index (χ3n) is 5.93. The average Bonchev–Trinajstić information content (AvgIpc) is 2.83. The smallest absolute Gasteiger partial charge is 0.410 e. The summed E-state index contributed by atoms with van der Waals surface area (Å²) in [6, 6.07) is 13.3. The fourth-order valence-electron chi connectivity index (χ4n) is 4.30. The summed E-state index contributed by atoms with van der Waals surface area (Å²) >= 11 is 0. The molecular weight excluding hydrogens is 428 g/mol. The van der Waals surface area contributed by atoms with Crippen molar-refractivity contribution in [1.82, 2.24) is 20.2 Å². The molecule has 0 radical (unpaired) electrons. The highest BCUT2D eigenvalue weighted by molar-refractivity contribution is 6.07. The maximum absolute atomic E-state index is 13.2. The number of benzene rings is 1. The van der Waals surface area contributed by atoms with Crippen LogP contribution in [0.3, 0.4) is 0 Å². The van der Waals surface area contributed by atoms with E-state index in [1.165, 1.54) is 0 Å². The highest BCUT2D eigenvalue weighted by Gasteiger charge is 2.27. The van der Waals surface area contributed by atoms with Crippen molar-refractivity contribution in [2.75, 3.05) is 19.6 Å². The number of nitrogens with one attached hydrogen (secondary N) is 1. The number of rotatable bonds is 5. The fraction of sp³-hybridized carbons (Fsp3) is 0.407. The van der Waals surface area contributed by atoms with Crippen LogP contribution in [-0.4, -0.2) is 52.1 Å². The van der Waals surface area contributed by atoms with Crippen molar-refractivity contribution >= 4 is 22.9 Å². The number of carbonyl (C=O) groups is 2. The molecule has 1 aliphatic heterocycles. The summed E-state index contributed by atoms with van der Waals surface area (Å²) in [5.74, 6) is 0.213. The molecule has 34 heavy (non-hydrogen) atoms. The SMILES string of the molecule is CC(C)(C)OC(=O)N1CCCC(CCNC(=O)c2cc(-c3cccnc3)nc3ccccc23)C1. The lowest BCUT2D eigenvalue weighted by Crippen LogP contribution is -2.43. The van der Waals surface area contributed by atoms with Gasteiger partial charge in [-0.15, -0.1) is 0 Å². The van der Waals surface area contributed by atoms with Crippen LogP contribution in [0.4, 0.5) is 4.79 Å². The van der Waals surface area contributed by atoms with E-state index in [9.17, 15) is 9.59 Å². The van der Waals surface area contributed by atoms with E-state index in [-0.39, 0.29) is 12.0 Å². The standard InChI is InChI=1S/C27H32N4O3/c1-27(2,3)34-26(33)31-15-7-8-19(18-31)12-14-29-25(32)22-16-24(20-9-6-13-28-17-20)30-23-11-5-4-10-21(22)23/h4-6,9-11,13,16-17,19H,7-8,12,14-15,18H2,1-3H3,(H,29,32). The van der Waals surface area contributed by atoms with Gasteiger partial charge in [-0.2, -0.15) is 0 Å². The Balaban J connectivity index is 1.41. The van der Waals surface area contributed by atoms with Crippen molar-refractivity contribution in [2.45, 2.75) is 45.6 Å². The third kappa shape index (κ3) is 5.90. The topological polar surface area (TPSA) is 84.4 Å². The van der Waals surface area contributed by atoms with Crippen LogP contribution in [0, 0.1) is 5.92 Å². The number of carbonyl (C=O) groups excluding carboxylic acids is 2. The van der Waals surface area contributed by atoms with E-state index in [0.29, 0.717) is 24.6 Å². The largest absolute Gasteiger partial charge is 0.444 e. The van der Waals surface area contributed by atoms with Gasteiger partial charge in [0.15, 0.2) is 0 Å². The van der Waals surface area contributed by atoms with Crippen LogP contribution in [0.1, 0.15) is 50.4 Å². The number of para-hydroxylation sites is 1. The summed E-state index contributed by atoms with van der Waals surface area (Å²) in [5, 5.41) is 3.90. The van der Waals surface area contributed by atoms with Crippen LogP contribution >= 0.6 is 0 Å². The van der Waals surface area contributed by atoms with Gasteiger partial charge in [0.05, 0.1) is 16.8 Å². The van der Waals surface area contributed by atoms with Gasteiger partial charge in [-0.3, -0.25) is 9.78 Å². The first kappa shape index (κ1) is 23.7. The van der Waals surface area contributed by atoms with Crippen molar-refractivity contribution < 1.29 is 14.3 Å². The second-order valence-corrected chi connectivity index (χ2v) is 9.79. The molecule has 178 valence electrons. The predicted octanol–water partition coefficient (Wildman–Crippen LogP) is 5.06. The zero-order chi connectivity index (χ0) is 24.1. The van der Waals surface area contributed by atoms with E-state index in [2.05, 4.69) is 10.3 Å². The molecule has 1 unspecified atom stereocenters. The number of pyridine rings is 2. The quantitative estimate of drug-likeness (QED) is 0.575. The Labute approximate surface area is 200 Å². The van der Waals surface area contributed by atoms with Crippen LogP contribution in [-0.2, 0) is 4.74 Å². The van der Waals surface area contributed by atoms with Gasteiger partial charge in [0.2, 0.25) is 0 Å². The molecule has 7 heteroatoms. The van der Waals surface area contributed by atoms with E-state index in [1.807, 2.05) is 63.2 Å². The number of likely N-dealkylation sites (tertiary alicyclic amines) is 1. The molecule has 1 fully saturated rings. The van der Waals surface area contributed by atoms with Crippen molar-refractivity contribution in [1.29, 1.82) is 0 Å². The monoisotopic (exact) mass is 460 g/mol. The first-order valence-electron chi connectivity index (χ1n) is 11.9. The molecule has 0 saturated carbocycles. The molecule has 1 aliphatic rings. The van der Waals surface area contributed by atoms with Gasteiger partial charge in [-0.05, 0) is 70.2 Å². The molecule has 3 aromatic rings. The molecule has 0 spiro atoms. The van der Waals surface area contributed by atoms with E-state index in [1.54, 1.807) is 17.3 Å². The first-order valence-corrected chi connectivity index (χ1v) is 11.9. The number of hydrogen-bond acceptors (Lipinski definition) is 5. The van der Waals surface area contributed by atoms with E-state index < -0.39 is 5.60 Å². The van der Waals surface area contributed by atoms with Crippen molar-refractivity contribution in [2.24, 2.45) is 5.92 Å². The Bertz CT molecular complexity index is 1160. The summed E-state index contributed by atoms with van der Waals surface area (Å²) in [6.07, 6.45) is 6.00. The minimum atomic E-state index is -0.500. The highest BCUT2D eigenvalue weighted by atomic mass is 16.6. The zero-order valence-corrected chi connectivity index (χ0v) is 20.1. The lowest BCUT2D eigenvalue weighted by molar-refractivity contribution is 0.0161. The summed E-state index contributed by atoms with van der Waals surface area (Å²) in [6.45, 7) is 7.57. The van der Waals surface area contributed by atoms with Crippen LogP contribution in [0.25, 0.3) is 22.2 Å². The lowest BCUT2D eigenvalue weighted by atomic mass is 9.95. The molecule has 1 N–H and O–H groups in total. The maximum Gasteiger partial charge on any atom is 0.410 e. The highest BCUT2D eigenvalue weighted by Crippen LogP contribution is 2.25. The Kier molecular flexibility index (Phi) is 7.10. The number of nitrogens with zero attached hydrogens (tertiary/aromatic N) is 3. The molecule has 0 bridgehead atoms. The average molecular weight is 461 g/mol. The Hall–Kier alpha value is -3.48. The van der Waals surface area contributed by atoms with Gasteiger partial charge in [0.25, 0.3) is 5.91 Å². The molecule has 0 aliphatic carbocycles. The lowest BCUT2D eigenvalue weighted by Gasteiger charge is -2.34. The minimum Gasteiger partial charge on any atom is -0.444 e. The molecule has 7 nitrogen and oxygen atoms in total. The van der Waals surface area contributed by atoms with E-state index >= 15 is 0 Å². The van der Waals surface area contributed by atoms with Crippen LogP contribution < -0.4 is 5.32 Å². The number of aromatic nitrogens is 2. The second kappa shape index (κ2) is 10.2. The number of ether oxygens (including phenoxy) is 1. The Morgan fingerprint density at radius 1 is 1.18 bits per heavy atom. The second-order valence-electron chi connectivity index (χ2n) is 9.79. The molecule has 3 heterocycles. The van der Waals surface area contributed by atoms with Crippen LogP contribution in [0.15, 0.2) is 54.9 Å². The van der Waals surface area contributed by atoms with Crippen LogP contribution in [0.2, 0.25) is 0 Å². The Morgan fingerprint density at radius 3 is 2.76 bits per heavy atom. The third-order valence-corrected chi connectivity index (χ3v) is 5.93. The van der Waals surface area contributed by atoms with Crippen LogP contribution in [0.5, 0.6) is 0 Å². The summed E-state index contributed by atoms with van der Waals surface area (Å²) in [5.41, 5.74) is 2.46. The number of fused-ring (bicyclic) bond motifs is 1. The predicted molar refractivity (Wildman–Crippen MR) is 132 cm³/mol. The minimum absolute atomic E-state index is 0.122. The molecule has 2 amide bonds. The van der Waals surface area contributed by atoms with Crippen molar-refractivity contribution in [3.05, 3.63) is 60.4 Å². The van der Waals surface area contributed by atoms with Gasteiger partial charge >= 0.3 is 6.09 Å².